The minimum Gasteiger partial charge on any atom is -0.492 e. The molecule has 0 spiro atoms. The van der Waals surface area contributed by atoms with Gasteiger partial charge in [-0.15, -0.1) is 24.0 Å². The van der Waals surface area contributed by atoms with Crippen LogP contribution in [0.1, 0.15) is 19.8 Å². The molecular formula is C16H26IN3O3S. The first-order valence-electron chi connectivity index (χ1n) is 7.97. The number of sulfone groups is 1. The first-order chi connectivity index (χ1) is 11.0. The Kier molecular flexibility index (Phi) is 8.82. The van der Waals surface area contributed by atoms with Crippen molar-refractivity contribution in [2.45, 2.75) is 24.7 Å². The number of rotatable bonds is 6. The Morgan fingerprint density at radius 3 is 2.42 bits per heavy atom. The zero-order chi connectivity index (χ0) is 16.7. The van der Waals surface area contributed by atoms with E-state index in [2.05, 4.69) is 22.1 Å². The highest BCUT2D eigenvalue weighted by Gasteiger charge is 2.15. The Labute approximate surface area is 161 Å². The van der Waals surface area contributed by atoms with Gasteiger partial charge in [0.15, 0.2) is 15.8 Å². The number of likely N-dealkylation sites (tertiary alicyclic amines) is 1. The third kappa shape index (κ3) is 6.46. The monoisotopic (exact) mass is 467 g/mol. The summed E-state index contributed by atoms with van der Waals surface area (Å²) >= 11 is 0. The SMILES string of the molecule is CCNC(=NCCOc1ccc(S(C)(=O)=O)cc1)N1CCCC1.I. The largest absolute Gasteiger partial charge is 0.492 e. The summed E-state index contributed by atoms with van der Waals surface area (Å²) in [6, 6.07) is 6.46. The third-order valence-electron chi connectivity index (χ3n) is 3.61. The van der Waals surface area contributed by atoms with Gasteiger partial charge in [0, 0.05) is 25.9 Å². The molecule has 0 aromatic heterocycles. The standard InChI is InChI=1S/C16H25N3O3S.HI/c1-3-17-16(19-11-4-5-12-19)18-10-13-22-14-6-8-15(9-7-14)23(2,20)21;/h6-9H,3-5,10-13H2,1-2H3,(H,17,18);1H. The van der Waals surface area contributed by atoms with Crippen molar-refractivity contribution in [2.75, 3.05) is 39.0 Å². The van der Waals surface area contributed by atoms with Crippen molar-refractivity contribution < 1.29 is 13.2 Å². The van der Waals surface area contributed by atoms with E-state index in [0.29, 0.717) is 23.8 Å². The number of hydrogen-bond acceptors (Lipinski definition) is 4. The molecule has 2 rings (SSSR count). The molecule has 136 valence electrons. The van der Waals surface area contributed by atoms with Gasteiger partial charge in [0.05, 0.1) is 11.4 Å². The zero-order valence-corrected chi connectivity index (χ0v) is 17.3. The molecule has 1 aliphatic rings. The number of nitrogens with zero attached hydrogens (tertiary/aromatic N) is 2. The minimum absolute atomic E-state index is 0. The number of halogens is 1. The molecule has 1 aliphatic heterocycles. The molecule has 1 fully saturated rings. The molecule has 6 nitrogen and oxygen atoms in total. The van der Waals surface area contributed by atoms with E-state index < -0.39 is 9.84 Å². The van der Waals surface area contributed by atoms with Crippen LogP contribution in [-0.2, 0) is 9.84 Å². The zero-order valence-electron chi connectivity index (χ0n) is 14.2. The lowest BCUT2D eigenvalue weighted by molar-refractivity contribution is 0.327. The van der Waals surface area contributed by atoms with Gasteiger partial charge in [-0.1, -0.05) is 0 Å². The molecule has 0 aliphatic carbocycles. The molecule has 0 bridgehead atoms. The molecule has 0 amide bonds. The normalized spacial score (nSPS) is 15.1. The lowest BCUT2D eigenvalue weighted by Crippen LogP contribution is -2.39. The molecule has 0 atom stereocenters. The van der Waals surface area contributed by atoms with Crippen molar-refractivity contribution in [2.24, 2.45) is 4.99 Å². The molecule has 1 aromatic rings. The topological polar surface area (TPSA) is 71.0 Å². The predicted octanol–water partition coefficient (Wildman–Crippen LogP) is 2.15. The molecule has 1 saturated heterocycles. The second-order valence-electron chi connectivity index (χ2n) is 5.52. The maximum atomic E-state index is 11.4. The van der Waals surface area contributed by atoms with Crippen molar-refractivity contribution in [3.63, 3.8) is 0 Å². The minimum atomic E-state index is -3.16. The smallest absolute Gasteiger partial charge is 0.194 e. The Morgan fingerprint density at radius 1 is 1.25 bits per heavy atom. The van der Waals surface area contributed by atoms with Crippen LogP contribution < -0.4 is 10.1 Å². The van der Waals surface area contributed by atoms with Crippen LogP contribution in [0.4, 0.5) is 0 Å². The van der Waals surface area contributed by atoms with E-state index >= 15 is 0 Å². The van der Waals surface area contributed by atoms with Crippen molar-refractivity contribution in [3.05, 3.63) is 24.3 Å². The van der Waals surface area contributed by atoms with Gasteiger partial charge < -0.3 is 15.0 Å². The summed E-state index contributed by atoms with van der Waals surface area (Å²) < 4.78 is 28.4. The number of nitrogens with one attached hydrogen (secondary N) is 1. The number of ether oxygens (including phenoxy) is 1. The summed E-state index contributed by atoms with van der Waals surface area (Å²) in [5, 5.41) is 3.30. The van der Waals surface area contributed by atoms with Gasteiger partial charge in [-0.3, -0.25) is 0 Å². The van der Waals surface area contributed by atoms with Crippen LogP contribution in [0.5, 0.6) is 5.75 Å². The van der Waals surface area contributed by atoms with Crippen LogP contribution in [0.15, 0.2) is 34.2 Å². The molecule has 24 heavy (non-hydrogen) atoms. The average Bonchev–Trinajstić information content (AvgIpc) is 3.04. The van der Waals surface area contributed by atoms with E-state index in [1.165, 1.54) is 19.1 Å². The average molecular weight is 467 g/mol. The fourth-order valence-electron chi connectivity index (χ4n) is 2.45. The van der Waals surface area contributed by atoms with E-state index in [0.717, 1.165) is 25.6 Å². The van der Waals surface area contributed by atoms with Crippen molar-refractivity contribution in [1.82, 2.24) is 10.2 Å². The van der Waals surface area contributed by atoms with E-state index in [9.17, 15) is 8.42 Å². The highest BCUT2D eigenvalue weighted by atomic mass is 127. The number of aliphatic imine (C=N–C) groups is 1. The van der Waals surface area contributed by atoms with E-state index in [1.54, 1.807) is 24.3 Å². The first-order valence-corrected chi connectivity index (χ1v) is 9.86. The molecule has 1 heterocycles. The molecular weight excluding hydrogens is 441 g/mol. The summed E-state index contributed by atoms with van der Waals surface area (Å²) in [6.45, 7) is 6.04. The van der Waals surface area contributed by atoms with Crippen molar-refractivity contribution in [1.29, 1.82) is 0 Å². The van der Waals surface area contributed by atoms with Gasteiger partial charge >= 0.3 is 0 Å². The summed E-state index contributed by atoms with van der Waals surface area (Å²) in [7, 11) is -3.16. The fraction of sp³-hybridized carbons (Fsp3) is 0.562. The van der Waals surface area contributed by atoms with E-state index in [1.807, 2.05) is 0 Å². The number of guanidine groups is 1. The second kappa shape index (κ2) is 10.1. The van der Waals surface area contributed by atoms with Crippen molar-refractivity contribution in [3.8, 4) is 5.75 Å². The molecule has 0 radical (unpaired) electrons. The van der Waals surface area contributed by atoms with Crippen LogP contribution >= 0.6 is 24.0 Å². The highest BCUT2D eigenvalue weighted by molar-refractivity contribution is 14.0. The van der Waals surface area contributed by atoms with Gasteiger partial charge in [-0.05, 0) is 44.0 Å². The number of benzene rings is 1. The summed E-state index contributed by atoms with van der Waals surface area (Å²) in [6.07, 6.45) is 3.62. The summed E-state index contributed by atoms with van der Waals surface area (Å²) in [4.78, 5) is 7.14. The lowest BCUT2D eigenvalue weighted by Gasteiger charge is -2.20. The van der Waals surface area contributed by atoms with Crippen LogP contribution in [0, 0.1) is 0 Å². The van der Waals surface area contributed by atoms with Gasteiger partial charge in [-0.2, -0.15) is 0 Å². The molecule has 1 N–H and O–H groups in total. The maximum absolute atomic E-state index is 11.4. The summed E-state index contributed by atoms with van der Waals surface area (Å²) in [5.41, 5.74) is 0. The lowest BCUT2D eigenvalue weighted by atomic mass is 10.3. The number of hydrogen-bond donors (Lipinski definition) is 1. The van der Waals surface area contributed by atoms with Gasteiger partial charge in [0.2, 0.25) is 0 Å². The predicted molar refractivity (Wildman–Crippen MR) is 107 cm³/mol. The Bertz CT molecular complexity index is 626. The molecule has 1 aromatic carbocycles. The Hall–Kier alpha value is -1.03. The second-order valence-corrected chi connectivity index (χ2v) is 7.54. The van der Waals surface area contributed by atoms with E-state index in [-0.39, 0.29) is 24.0 Å². The van der Waals surface area contributed by atoms with Gasteiger partial charge in [-0.25, -0.2) is 13.4 Å². The summed E-state index contributed by atoms with van der Waals surface area (Å²) in [5.74, 6) is 1.60. The molecule has 8 heteroatoms. The Balaban J connectivity index is 0.00000288. The van der Waals surface area contributed by atoms with E-state index in [4.69, 9.17) is 4.74 Å². The van der Waals surface area contributed by atoms with Crippen LogP contribution in [0.25, 0.3) is 0 Å². The van der Waals surface area contributed by atoms with Gasteiger partial charge in [0.25, 0.3) is 0 Å². The third-order valence-corrected chi connectivity index (χ3v) is 4.74. The quantitative estimate of drug-likeness (QED) is 0.301. The van der Waals surface area contributed by atoms with Gasteiger partial charge in [0.1, 0.15) is 12.4 Å². The van der Waals surface area contributed by atoms with Crippen LogP contribution in [0.3, 0.4) is 0 Å². The Morgan fingerprint density at radius 2 is 1.88 bits per heavy atom. The van der Waals surface area contributed by atoms with Crippen molar-refractivity contribution >= 4 is 39.8 Å². The first kappa shape index (κ1) is 21.0. The maximum Gasteiger partial charge on any atom is 0.194 e. The molecule has 0 unspecified atom stereocenters. The van der Waals surface area contributed by atoms with Crippen LogP contribution in [0.2, 0.25) is 0 Å². The highest BCUT2D eigenvalue weighted by Crippen LogP contribution is 2.15. The fourth-order valence-corrected chi connectivity index (χ4v) is 3.08. The van der Waals surface area contributed by atoms with Crippen LogP contribution in [-0.4, -0.2) is 58.3 Å². The molecule has 0 saturated carbocycles.